The molecule has 1 aromatic heterocycles. The number of aromatic nitrogens is 2. The Morgan fingerprint density at radius 3 is 2.73 bits per heavy atom. The van der Waals surface area contributed by atoms with Gasteiger partial charge in [-0.15, -0.1) is 0 Å². The van der Waals surface area contributed by atoms with E-state index in [2.05, 4.69) is 34.4 Å². The number of rotatable bonds is 7. The number of carbonyl (C=O) groups excluding carboxylic acids is 1. The van der Waals surface area contributed by atoms with E-state index in [1.807, 2.05) is 19.9 Å². The summed E-state index contributed by atoms with van der Waals surface area (Å²) in [5.41, 5.74) is 4.56. The van der Waals surface area contributed by atoms with Crippen LogP contribution in [0.25, 0.3) is 0 Å². The zero-order valence-corrected chi connectivity index (χ0v) is 23.7. The van der Waals surface area contributed by atoms with Crippen LogP contribution in [0.3, 0.4) is 0 Å². The molecule has 0 bridgehead atoms. The molecule has 0 spiro atoms. The maximum atomic E-state index is 14.2. The highest BCUT2D eigenvalue weighted by atomic mass is 19.1. The summed E-state index contributed by atoms with van der Waals surface area (Å²) in [7, 11) is 2.12. The van der Waals surface area contributed by atoms with Crippen molar-refractivity contribution in [2.24, 2.45) is 0 Å². The second-order valence-corrected chi connectivity index (χ2v) is 11.0. The molecule has 40 heavy (non-hydrogen) atoms. The Hall–Kier alpha value is -3.71. The quantitative estimate of drug-likeness (QED) is 0.488. The Kier molecular flexibility index (Phi) is 8.22. The first-order chi connectivity index (χ1) is 19.3. The molecule has 0 aliphatic carbocycles. The Morgan fingerprint density at radius 1 is 1.18 bits per heavy atom. The van der Waals surface area contributed by atoms with Crippen molar-refractivity contribution in [3.63, 3.8) is 0 Å². The number of likely N-dealkylation sites (N-methyl/N-ethyl adjacent to an activating group) is 1. The lowest BCUT2D eigenvalue weighted by Gasteiger charge is -2.42. The fraction of sp³-hybridized carbons (Fsp3) is 0.533. The van der Waals surface area contributed by atoms with Crippen LogP contribution in [-0.4, -0.2) is 84.1 Å². The van der Waals surface area contributed by atoms with Gasteiger partial charge in [0.1, 0.15) is 18.2 Å². The fourth-order valence-corrected chi connectivity index (χ4v) is 6.13. The molecule has 2 atom stereocenters. The van der Waals surface area contributed by atoms with Crippen LogP contribution in [0.1, 0.15) is 41.6 Å². The first-order valence-electron chi connectivity index (χ1n) is 14.1. The standard InChI is InChI=1S/C30H38FN7O2/c1-5-28(39)38-16-15-37(17-22(38)10-12-32)29-24-11-14-36(27-9-8-25(31)20(2)21(27)3)18-26(24)33-30(34-29)40-19-23-7-6-13-35(23)4/h5,8-9,22-23H,1,6-7,10-11,13-19H2,2-4H3. The number of likely N-dealkylation sites (tertiary alicyclic amines) is 1. The summed E-state index contributed by atoms with van der Waals surface area (Å²) < 4.78 is 20.4. The zero-order chi connectivity index (χ0) is 28.4. The topological polar surface area (TPSA) is 88.8 Å². The van der Waals surface area contributed by atoms with E-state index >= 15 is 0 Å². The number of anilines is 2. The number of fused-ring (bicyclic) bond motifs is 1. The molecule has 2 unspecified atom stereocenters. The molecule has 5 rings (SSSR count). The third-order valence-corrected chi connectivity index (χ3v) is 8.70. The van der Waals surface area contributed by atoms with E-state index in [9.17, 15) is 14.4 Å². The lowest BCUT2D eigenvalue weighted by molar-refractivity contribution is -0.128. The van der Waals surface area contributed by atoms with Crippen molar-refractivity contribution in [2.45, 2.75) is 58.2 Å². The number of amides is 1. The number of nitrogens with zero attached hydrogens (tertiary/aromatic N) is 7. The largest absolute Gasteiger partial charge is 0.462 e. The average Bonchev–Trinajstić information content (AvgIpc) is 3.38. The van der Waals surface area contributed by atoms with E-state index < -0.39 is 0 Å². The highest BCUT2D eigenvalue weighted by Crippen LogP contribution is 2.34. The molecular weight excluding hydrogens is 509 g/mol. The summed E-state index contributed by atoms with van der Waals surface area (Å²) in [5.74, 6) is 0.465. The average molecular weight is 548 g/mol. The normalized spacial score (nSPS) is 21.2. The minimum absolute atomic E-state index is 0.157. The highest BCUT2D eigenvalue weighted by molar-refractivity contribution is 5.87. The number of halogens is 1. The van der Waals surface area contributed by atoms with Crippen molar-refractivity contribution in [1.29, 1.82) is 5.26 Å². The van der Waals surface area contributed by atoms with Crippen molar-refractivity contribution in [2.75, 3.05) is 56.2 Å². The molecule has 1 aromatic carbocycles. The molecule has 0 N–H and O–H groups in total. The Morgan fingerprint density at radius 2 is 2.00 bits per heavy atom. The van der Waals surface area contributed by atoms with Crippen LogP contribution < -0.4 is 14.5 Å². The highest BCUT2D eigenvalue weighted by Gasteiger charge is 2.33. The van der Waals surface area contributed by atoms with Gasteiger partial charge < -0.3 is 24.3 Å². The number of piperazine rings is 1. The van der Waals surface area contributed by atoms with Gasteiger partial charge in [0.25, 0.3) is 0 Å². The summed E-state index contributed by atoms with van der Waals surface area (Å²) >= 11 is 0. The number of ether oxygens (including phenoxy) is 1. The summed E-state index contributed by atoms with van der Waals surface area (Å²) in [6, 6.07) is 6.04. The molecule has 212 valence electrons. The fourth-order valence-electron chi connectivity index (χ4n) is 6.13. The van der Waals surface area contributed by atoms with Crippen LogP contribution in [0.4, 0.5) is 15.9 Å². The minimum atomic E-state index is -0.253. The predicted molar refractivity (Wildman–Crippen MR) is 152 cm³/mol. The SMILES string of the molecule is C=CC(=O)N1CCN(c2nc(OCC3CCCN3C)nc3c2CCN(c2ccc(F)c(C)c2C)C3)CC1CC#N. The van der Waals surface area contributed by atoms with E-state index in [1.54, 1.807) is 4.90 Å². The van der Waals surface area contributed by atoms with Gasteiger partial charge in [-0.2, -0.15) is 15.2 Å². The molecule has 0 radical (unpaired) electrons. The lowest BCUT2D eigenvalue weighted by atomic mass is 10.0. The van der Waals surface area contributed by atoms with Gasteiger partial charge in [-0.3, -0.25) is 4.79 Å². The molecule has 2 aromatic rings. The Balaban J connectivity index is 1.46. The van der Waals surface area contributed by atoms with E-state index in [0.717, 1.165) is 60.7 Å². The summed E-state index contributed by atoms with van der Waals surface area (Å²) in [6.07, 6.45) is 4.51. The van der Waals surface area contributed by atoms with Crippen LogP contribution >= 0.6 is 0 Å². The van der Waals surface area contributed by atoms with Gasteiger partial charge in [0.15, 0.2) is 0 Å². The zero-order valence-electron chi connectivity index (χ0n) is 23.7. The third-order valence-electron chi connectivity index (χ3n) is 8.70. The van der Waals surface area contributed by atoms with E-state index in [1.165, 1.54) is 12.1 Å². The second kappa shape index (κ2) is 11.8. The molecule has 2 saturated heterocycles. The van der Waals surface area contributed by atoms with Crippen molar-refractivity contribution >= 4 is 17.4 Å². The molecular formula is C30H38FN7O2. The monoisotopic (exact) mass is 547 g/mol. The molecule has 4 heterocycles. The van der Waals surface area contributed by atoms with Crippen LogP contribution in [0.5, 0.6) is 6.01 Å². The van der Waals surface area contributed by atoms with Crippen molar-refractivity contribution in [1.82, 2.24) is 19.8 Å². The van der Waals surface area contributed by atoms with Crippen molar-refractivity contribution in [3.8, 4) is 12.1 Å². The van der Waals surface area contributed by atoms with Crippen LogP contribution in [0, 0.1) is 31.0 Å². The predicted octanol–water partition coefficient (Wildman–Crippen LogP) is 3.39. The van der Waals surface area contributed by atoms with Gasteiger partial charge in [-0.05, 0) is 76.0 Å². The number of nitriles is 1. The number of hydrogen-bond acceptors (Lipinski definition) is 8. The molecule has 2 fully saturated rings. The first kappa shape index (κ1) is 27.8. The summed E-state index contributed by atoms with van der Waals surface area (Å²) in [6.45, 7) is 11.9. The van der Waals surface area contributed by atoms with Crippen LogP contribution in [0.2, 0.25) is 0 Å². The second-order valence-electron chi connectivity index (χ2n) is 11.0. The van der Waals surface area contributed by atoms with Crippen molar-refractivity contribution in [3.05, 3.63) is 53.0 Å². The third kappa shape index (κ3) is 5.48. The maximum Gasteiger partial charge on any atom is 0.318 e. The van der Waals surface area contributed by atoms with Gasteiger partial charge in [0.05, 0.1) is 30.8 Å². The van der Waals surface area contributed by atoms with E-state index in [0.29, 0.717) is 50.4 Å². The molecule has 9 nitrogen and oxygen atoms in total. The smallest absolute Gasteiger partial charge is 0.318 e. The molecule has 3 aliphatic rings. The van der Waals surface area contributed by atoms with Gasteiger partial charge in [0.2, 0.25) is 5.91 Å². The Bertz CT molecular complexity index is 1330. The molecule has 0 saturated carbocycles. The van der Waals surface area contributed by atoms with Crippen LogP contribution in [0.15, 0.2) is 24.8 Å². The summed E-state index contributed by atoms with van der Waals surface area (Å²) in [4.78, 5) is 30.7. The minimum Gasteiger partial charge on any atom is -0.462 e. The van der Waals surface area contributed by atoms with Gasteiger partial charge in [-0.25, -0.2) is 4.39 Å². The molecule has 3 aliphatic heterocycles. The molecule has 1 amide bonds. The number of hydrogen-bond donors (Lipinski definition) is 0. The summed E-state index contributed by atoms with van der Waals surface area (Å²) in [5, 5.41) is 9.46. The van der Waals surface area contributed by atoms with E-state index in [4.69, 9.17) is 14.7 Å². The van der Waals surface area contributed by atoms with Gasteiger partial charge in [-0.1, -0.05) is 6.58 Å². The number of carbonyl (C=O) groups is 1. The Labute approximate surface area is 235 Å². The van der Waals surface area contributed by atoms with Gasteiger partial charge >= 0.3 is 6.01 Å². The van der Waals surface area contributed by atoms with E-state index in [-0.39, 0.29) is 24.2 Å². The van der Waals surface area contributed by atoms with Gasteiger partial charge in [0, 0.05) is 43.5 Å². The number of benzene rings is 1. The molecule has 10 heteroatoms. The first-order valence-corrected chi connectivity index (χ1v) is 14.1. The maximum absolute atomic E-state index is 14.2. The lowest BCUT2D eigenvalue weighted by Crippen LogP contribution is -2.55. The van der Waals surface area contributed by atoms with Crippen LogP contribution in [-0.2, 0) is 17.8 Å². The van der Waals surface area contributed by atoms with Crippen molar-refractivity contribution < 1.29 is 13.9 Å².